The van der Waals surface area contributed by atoms with Crippen molar-refractivity contribution in [1.29, 1.82) is 5.26 Å². The largest absolute Gasteiger partial charge is 0.476 e. The minimum atomic E-state index is -3.42. The lowest BCUT2D eigenvalue weighted by molar-refractivity contribution is -0.128. The molecule has 4 rings (SSSR count). The van der Waals surface area contributed by atoms with Crippen molar-refractivity contribution in [3.63, 3.8) is 0 Å². The summed E-state index contributed by atoms with van der Waals surface area (Å²) in [6.07, 6.45) is 2.88. The van der Waals surface area contributed by atoms with E-state index >= 15 is 0 Å². The monoisotopic (exact) mass is 527 g/mol. The summed E-state index contributed by atoms with van der Waals surface area (Å²) < 4.78 is 49.7. The molecule has 3 unspecified atom stereocenters. The number of fused-ring (bicyclic) bond motifs is 1. The molecule has 0 radical (unpaired) electrons. The number of sulfone groups is 1. The lowest BCUT2D eigenvalue weighted by atomic mass is 10.1. The van der Waals surface area contributed by atoms with Gasteiger partial charge in [0.15, 0.2) is 15.3 Å². The predicted molar refractivity (Wildman–Crippen MR) is 134 cm³/mol. The van der Waals surface area contributed by atoms with Gasteiger partial charge in [0, 0.05) is 17.6 Å². The van der Waals surface area contributed by atoms with E-state index in [9.17, 15) is 17.6 Å². The van der Waals surface area contributed by atoms with Crippen LogP contribution in [0.5, 0.6) is 5.75 Å². The number of halogens is 1. The van der Waals surface area contributed by atoms with Crippen LogP contribution in [0.1, 0.15) is 24.2 Å². The number of thioether (sulfide) groups is 1. The Labute approximate surface area is 212 Å². The maximum absolute atomic E-state index is 14.5. The van der Waals surface area contributed by atoms with Gasteiger partial charge in [0.1, 0.15) is 5.75 Å². The van der Waals surface area contributed by atoms with Crippen molar-refractivity contribution in [3.8, 4) is 11.8 Å². The number of alkyl halides is 1. The Morgan fingerprint density at radius 3 is 2.56 bits per heavy atom. The van der Waals surface area contributed by atoms with Gasteiger partial charge in [0.25, 0.3) is 5.91 Å². The van der Waals surface area contributed by atoms with Crippen molar-refractivity contribution in [2.24, 2.45) is 4.99 Å². The summed E-state index contributed by atoms with van der Waals surface area (Å²) in [5, 5.41) is 11.8. The number of aliphatic imine (C=N–C) groups is 1. The molecule has 1 heterocycles. The van der Waals surface area contributed by atoms with Crippen LogP contribution in [-0.2, 0) is 19.4 Å². The molecule has 1 aliphatic carbocycles. The Morgan fingerprint density at radius 1 is 1.25 bits per heavy atom. The van der Waals surface area contributed by atoms with Crippen molar-refractivity contribution in [1.82, 2.24) is 5.32 Å². The second kappa shape index (κ2) is 10.3. The smallest absolute Gasteiger partial charge is 0.268 e. The number of hydrogen-bond donors (Lipinski definition) is 1. The second-order valence-corrected chi connectivity index (χ2v) is 11.2. The lowest BCUT2D eigenvalue weighted by Gasteiger charge is -2.21. The highest BCUT2D eigenvalue weighted by Crippen LogP contribution is 2.37. The zero-order valence-electron chi connectivity index (χ0n) is 19.3. The summed E-state index contributed by atoms with van der Waals surface area (Å²) in [4.78, 5) is 18.4. The number of nitrogens with zero attached hydrogens (tertiary/aromatic N) is 2. The molecule has 186 valence electrons. The van der Waals surface area contributed by atoms with Crippen LogP contribution in [0.4, 0.5) is 4.39 Å². The van der Waals surface area contributed by atoms with Gasteiger partial charge in [-0.1, -0.05) is 30.8 Å². The molecule has 0 bridgehead atoms. The van der Waals surface area contributed by atoms with Crippen LogP contribution in [0.2, 0.25) is 0 Å². The van der Waals surface area contributed by atoms with E-state index in [2.05, 4.69) is 10.3 Å². The number of hydrogen-bond acceptors (Lipinski definition) is 8. The Bertz CT molecular complexity index is 1400. The Morgan fingerprint density at radius 2 is 1.94 bits per heavy atom. The van der Waals surface area contributed by atoms with Crippen LogP contribution in [-0.4, -0.2) is 44.3 Å². The summed E-state index contributed by atoms with van der Waals surface area (Å²) in [6, 6.07) is 14.2. The summed E-state index contributed by atoms with van der Waals surface area (Å²) >= 11 is 1.16. The van der Waals surface area contributed by atoms with Gasteiger partial charge in [-0.25, -0.2) is 17.8 Å². The molecule has 1 aliphatic heterocycles. The van der Waals surface area contributed by atoms with Crippen molar-refractivity contribution in [3.05, 3.63) is 82.8 Å². The topological polar surface area (TPSA) is 118 Å². The number of nitriles is 1. The van der Waals surface area contributed by atoms with Crippen molar-refractivity contribution >= 4 is 33.2 Å². The fourth-order valence-corrected chi connectivity index (χ4v) is 5.41. The zero-order valence-corrected chi connectivity index (χ0v) is 21.0. The number of benzene rings is 2. The number of ether oxygens (including phenoxy) is 2. The molecule has 8 nitrogen and oxygen atoms in total. The Kier molecular flexibility index (Phi) is 7.31. The van der Waals surface area contributed by atoms with Gasteiger partial charge in [-0.3, -0.25) is 4.79 Å². The summed E-state index contributed by atoms with van der Waals surface area (Å²) in [5.41, 5.74) is 0.643. The van der Waals surface area contributed by atoms with E-state index in [1.807, 2.05) is 6.07 Å². The molecule has 2 aromatic rings. The van der Waals surface area contributed by atoms with Crippen molar-refractivity contribution in [2.75, 3.05) is 12.9 Å². The van der Waals surface area contributed by atoms with E-state index in [0.29, 0.717) is 27.5 Å². The fraction of sp³-hybridized carbons (Fsp3) is 0.240. The third-order valence-corrected chi connectivity index (χ3v) is 8.30. The summed E-state index contributed by atoms with van der Waals surface area (Å²) in [6.45, 7) is 1.55. The van der Waals surface area contributed by atoms with Crippen LogP contribution in [0, 0.1) is 11.3 Å². The Balaban J connectivity index is 1.58. The molecular formula is C25H22FN3O5S2. The molecule has 0 saturated carbocycles. The highest BCUT2D eigenvalue weighted by atomic mass is 32.2. The van der Waals surface area contributed by atoms with Crippen LogP contribution in [0.15, 0.2) is 81.6 Å². The first-order valence-electron chi connectivity index (χ1n) is 10.9. The molecule has 1 amide bonds. The number of carbonyl (C=O) groups is 1. The molecule has 3 atom stereocenters. The average Bonchev–Trinajstić information content (AvgIpc) is 3.28. The first-order chi connectivity index (χ1) is 17.2. The third kappa shape index (κ3) is 5.51. The number of allylic oxidation sites excluding steroid dienone is 2. The number of nitrogens with one attached hydrogen (secondary N) is 1. The maximum Gasteiger partial charge on any atom is 0.268 e. The predicted octanol–water partition coefficient (Wildman–Crippen LogP) is 3.83. The van der Waals surface area contributed by atoms with E-state index in [4.69, 9.17) is 14.7 Å². The normalized spacial score (nSPS) is 21.6. The molecule has 0 fully saturated rings. The SMILES string of the molecule is CCS(=O)(=O)c1ccc(C(Oc2ccc(C#N)cc2)C(=O)NC2N=C3C=CC(F)(OC)C=C3S2)cc1. The molecule has 36 heavy (non-hydrogen) atoms. The fourth-order valence-electron chi connectivity index (χ4n) is 3.47. The minimum absolute atomic E-state index is 0.0508. The number of methoxy groups -OCH3 is 1. The van der Waals surface area contributed by atoms with E-state index in [0.717, 1.165) is 11.8 Å². The first-order valence-corrected chi connectivity index (χ1v) is 13.4. The number of carbonyl (C=O) groups excluding carboxylic acids is 1. The molecule has 2 aliphatic rings. The van der Waals surface area contributed by atoms with Gasteiger partial charge < -0.3 is 14.8 Å². The van der Waals surface area contributed by atoms with Gasteiger partial charge in [-0.05, 0) is 54.6 Å². The van der Waals surface area contributed by atoms with Gasteiger partial charge in [-0.2, -0.15) is 5.26 Å². The maximum atomic E-state index is 14.5. The van der Waals surface area contributed by atoms with E-state index in [1.54, 1.807) is 31.2 Å². The van der Waals surface area contributed by atoms with Gasteiger partial charge >= 0.3 is 0 Å². The second-order valence-electron chi connectivity index (χ2n) is 7.84. The van der Waals surface area contributed by atoms with Crippen LogP contribution in [0.25, 0.3) is 0 Å². The minimum Gasteiger partial charge on any atom is -0.476 e. The molecule has 11 heteroatoms. The average molecular weight is 528 g/mol. The zero-order chi connectivity index (χ0) is 25.9. The highest BCUT2D eigenvalue weighted by Gasteiger charge is 2.35. The van der Waals surface area contributed by atoms with Crippen LogP contribution < -0.4 is 10.1 Å². The molecule has 0 spiro atoms. The lowest BCUT2D eigenvalue weighted by Crippen LogP contribution is -2.36. The van der Waals surface area contributed by atoms with Crippen LogP contribution >= 0.6 is 11.8 Å². The van der Waals surface area contributed by atoms with Crippen LogP contribution in [0.3, 0.4) is 0 Å². The van der Waals surface area contributed by atoms with Gasteiger partial charge in [0.05, 0.1) is 28.0 Å². The molecule has 0 aromatic heterocycles. The number of amides is 1. The van der Waals surface area contributed by atoms with Gasteiger partial charge in [-0.15, -0.1) is 0 Å². The van der Waals surface area contributed by atoms with E-state index < -0.39 is 33.2 Å². The molecular weight excluding hydrogens is 505 g/mol. The quantitative estimate of drug-likeness (QED) is 0.554. The van der Waals surface area contributed by atoms with E-state index in [-0.39, 0.29) is 10.6 Å². The van der Waals surface area contributed by atoms with Gasteiger partial charge in [0.2, 0.25) is 12.0 Å². The molecule has 0 saturated heterocycles. The Hall–Kier alpha value is -3.46. The third-order valence-electron chi connectivity index (χ3n) is 5.52. The van der Waals surface area contributed by atoms with Crippen molar-refractivity contribution in [2.45, 2.75) is 29.3 Å². The summed E-state index contributed by atoms with van der Waals surface area (Å²) in [7, 11) is -2.16. The number of rotatable bonds is 8. The summed E-state index contributed by atoms with van der Waals surface area (Å²) in [5.74, 6) is -2.28. The first kappa shape index (κ1) is 25.6. The highest BCUT2D eigenvalue weighted by molar-refractivity contribution is 8.05. The van der Waals surface area contributed by atoms with E-state index in [1.165, 1.54) is 49.6 Å². The molecule has 2 aromatic carbocycles. The van der Waals surface area contributed by atoms with Crippen molar-refractivity contribution < 1.29 is 27.1 Å². The standard InChI is InChI=1S/C25H22FN3O5S2/c1-3-36(31,32)19-10-6-17(7-11-19)22(34-18-8-4-16(15-27)5-9-18)23(30)29-24-28-20-12-13-25(26,33-2)14-21(20)35-24/h4-14,22,24H,3H2,1-2H3,(H,29,30). The molecule has 1 N–H and O–H groups in total.